The lowest BCUT2D eigenvalue weighted by Crippen LogP contribution is -3.22. The van der Waals surface area contributed by atoms with E-state index < -0.39 is 0 Å². The van der Waals surface area contributed by atoms with E-state index in [-0.39, 0.29) is 36.1 Å². The molecule has 2 N–H and O–H groups in total. The van der Waals surface area contributed by atoms with E-state index >= 15 is 0 Å². The fourth-order valence-corrected chi connectivity index (χ4v) is 3.47. The van der Waals surface area contributed by atoms with Crippen molar-refractivity contribution in [1.29, 1.82) is 0 Å². The average molecular weight is 360 g/mol. The predicted molar refractivity (Wildman–Crippen MR) is 96.1 cm³/mol. The topological polar surface area (TPSA) is 80.2 Å². The minimum atomic E-state index is -0.218. The number of carbonyl (C=O) groups excluding carboxylic acids is 3. The van der Waals surface area contributed by atoms with Crippen molar-refractivity contribution in [2.75, 3.05) is 37.7 Å². The maximum atomic E-state index is 12.6. The van der Waals surface area contributed by atoms with Gasteiger partial charge in [-0.15, -0.1) is 0 Å². The van der Waals surface area contributed by atoms with Crippen LogP contribution in [0.2, 0.25) is 0 Å². The summed E-state index contributed by atoms with van der Waals surface area (Å²) in [7, 11) is 0. The number of morpholine rings is 1. The van der Waals surface area contributed by atoms with Crippen LogP contribution in [0.25, 0.3) is 0 Å². The fraction of sp³-hybridized carbons (Fsp3) is 0.526. The molecule has 0 aromatic heterocycles. The van der Waals surface area contributed by atoms with E-state index in [2.05, 4.69) is 19.2 Å². The van der Waals surface area contributed by atoms with Crippen LogP contribution in [0.4, 0.5) is 5.69 Å². The summed E-state index contributed by atoms with van der Waals surface area (Å²) >= 11 is 0. The van der Waals surface area contributed by atoms with Crippen LogP contribution in [0.15, 0.2) is 24.3 Å². The van der Waals surface area contributed by atoms with Gasteiger partial charge < -0.3 is 15.0 Å². The number of rotatable bonds is 5. The molecule has 0 bridgehead atoms. The van der Waals surface area contributed by atoms with Crippen LogP contribution in [0.1, 0.15) is 37.0 Å². The zero-order valence-corrected chi connectivity index (χ0v) is 15.3. The quantitative estimate of drug-likeness (QED) is 0.711. The van der Waals surface area contributed by atoms with Gasteiger partial charge in [0, 0.05) is 18.4 Å². The average Bonchev–Trinajstić information content (AvgIpc) is 2.99. The summed E-state index contributed by atoms with van der Waals surface area (Å²) in [5.41, 5.74) is 0.809. The number of carbonyl (C=O) groups is 3. The van der Waals surface area contributed by atoms with Crippen molar-refractivity contribution in [3.63, 3.8) is 0 Å². The van der Waals surface area contributed by atoms with Crippen LogP contribution in [-0.4, -0.2) is 56.1 Å². The molecule has 7 nitrogen and oxygen atoms in total. The van der Waals surface area contributed by atoms with Gasteiger partial charge in [-0.25, -0.2) is 0 Å². The summed E-state index contributed by atoms with van der Waals surface area (Å²) in [4.78, 5) is 38.9. The van der Waals surface area contributed by atoms with E-state index in [0.29, 0.717) is 17.8 Å². The highest BCUT2D eigenvalue weighted by Crippen LogP contribution is 2.23. The van der Waals surface area contributed by atoms with Crippen molar-refractivity contribution in [2.45, 2.75) is 32.2 Å². The summed E-state index contributed by atoms with van der Waals surface area (Å²) in [6, 6.07) is 6.67. The van der Waals surface area contributed by atoms with Crippen LogP contribution in [0, 0.1) is 0 Å². The Balaban J connectivity index is 1.65. The first-order valence-electron chi connectivity index (χ1n) is 9.05. The van der Waals surface area contributed by atoms with Gasteiger partial charge >= 0.3 is 0 Å². The Kier molecular flexibility index (Phi) is 5.38. The summed E-state index contributed by atoms with van der Waals surface area (Å²) in [5.74, 6) is -0.638. The molecule has 0 unspecified atom stereocenters. The number of amides is 3. The lowest BCUT2D eigenvalue weighted by atomic mass is 10.0. The molecular weight excluding hydrogens is 334 g/mol. The molecule has 1 aromatic carbocycles. The van der Waals surface area contributed by atoms with Crippen molar-refractivity contribution >= 4 is 23.4 Å². The van der Waals surface area contributed by atoms with E-state index in [4.69, 9.17) is 4.74 Å². The number of anilines is 1. The highest BCUT2D eigenvalue weighted by Gasteiger charge is 2.33. The van der Waals surface area contributed by atoms with Crippen LogP contribution >= 0.6 is 0 Å². The third-order valence-corrected chi connectivity index (χ3v) is 5.16. The zero-order chi connectivity index (χ0) is 18.7. The first-order valence-corrected chi connectivity index (χ1v) is 9.05. The van der Waals surface area contributed by atoms with Gasteiger partial charge in [0.2, 0.25) is 11.8 Å². The summed E-state index contributed by atoms with van der Waals surface area (Å²) in [6.45, 7) is 8.14. The van der Waals surface area contributed by atoms with Crippen molar-refractivity contribution in [3.05, 3.63) is 29.8 Å². The van der Waals surface area contributed by atoms with Gasteiger partial charge in [0.25, 0.3) is 5.91 Å². The van der Waals surface area contributed by atoms with E-state index in [1.165, 1.54) is 9.80 Å². The van der Waals surface area contributed by atoms with Crippen molar-refractivity contribution in [2.24, 2.45) is 0 Å². The lowest BCUT2D eigenvalue weighted by Gasteiger charge is -2.37. The number of ether oxygens (including phenoxy) is 1. The Labute approximate surface area is 153 Å². The number of quaternary nitrogens is 1. The number of imide groups is 1. The second kappa shape index (κ2) is 7.55. The van der Waals surface area contributed by atoms with Crippen LogP contribution < -0.4 is 15.1 Å². The molecule has 0 atom stereocenters. The monoisotopic (exact) mass is 360 g/mol. The molecule has 2 fully saturated rings. The van der Waals surface area contributed by atoms with Gasteiger partial charge in [-0.3, -0.25) is 19.3 Å². The number of nitrogens with one attached hydrogen (secondary N) is 2. The smallest absolute Gasteiger partial charge is 0.251 e. The molecule has 2 aliphatic rings. The lowest BCUT2D eigenvalue weighted by molar-refractivity contribution is -0.954. The van der Waals surface area contributed by atoms with E-state index in [1.807, 2.05) is 0 Å². The normalized spacial score (nSPS) is 19.1. The minimum absolute atomic E-state index is 0.0993. The van der Waals surface area contributed by atoms with Gasteiger partial charge in [-0.05, 0) is 32.0 Å². The molecule has 7 heteroatoms. The summed E-state index contributed by atoms with van der Waals surface area (Å²) < 4.78 is 5.40. The number of nitrogens with zero attached hydrogens (tertiary/aromatic N) is 1. The highest BCUT2D eigenvalue weighted by atomic mass is 16.5. The van der Waals surface area contributed by atoms with Gasteiger partial charge in [0.15, 0.2) is 0 Å². The highest BCUT2D eigenvalue weighted by molar-refractivity contribution is 6.20. The molecule has 0 spiro atoms. The number of hydrogen-bond donors (Lipinski definition) is 2. The zero-order valence-electron chi connectivity index (χ0n) is 15.3. The molecule has 0 radical (unpaired) electrons. The predicted octanol–water partition coefficient (Wildman–Crippen LogP) is -0.236. The maximum Gasteiger partial charge on any atom is 0.251 e. The Morgan fingerprint density at radius 1 is 1.19 bits per heavy atom. The van der Waals surface area contributed by atoms with Crippen LogP contribution in [-0.2, 0) is 14.3 Å². The van der Waals surface area contributed by atoms with E-state index in [9.17, 15) is 14.4 Å². The molecule has 3 rings (SSSR count). The standard InChI is InChI=1S/C19H25N3O4/c1-19(2,21-8-10-26-11-9-21)13-20-18(25)14-4-3-5-15(12-14)22-16(23)6-7-17(22)24/h3-5,12H,6-11,13H2,1-2H3,(H,20,25)/p+1. The van der Waals surface area contributed by atoms with Gasteiger partial charge in [0.05, 0.1) is 25.4 Å². The fourth-order valence-electron chi connectivity index (χ4n) is 3.47. The Morgan fingerprint density at radius 2 is 1.85 bits per heavy atom. The Morgan fingerprint density at radius 3 is 2.50 bits per heavy atom. The van der Waals surface area contributed by atoms with Crippen LogP contribution in [0.5, 0.6) is 0 Å². The molecule has 2 saturated heterocycles. The first-order chi connectivity index (χ1) is 12.4. The SMILES string of the molecule is CC(C)(CNC(=O)c1cccc(N2C(=O)CCC2=O)c1)[NH+]1CCOCC1. The molecule has 0 aliphatic carbocycles. The number of benzene rings is 1. The van der Waals surface area contributed by atoms with Crippen molar-refractivity contribution in [3.8, 4) is 0 Å². The second-order valence-electron chi connectivity index (χ2n) is 7.46. The third-order valence-electron chi connectivity index (χ3n) is 5.16. The maximum absolute atomic E-state index is 12.6. The Bertz CT molecular complexity index is 694. The molecule has 3 amide bonds. The molecule has 26 heavy (non-hydrogen) atoms. The molecule has 2 heterocycles. The molecule has 1 aromatic rings. The number of hydrogen-bond acceptors (Lipinski definition) is 4. The second-order valence-corrected chi connectivity index (χ2v) is 7.46. The largest absolute Gasteiger partial charge is 0.370 e. The summed E-state index contributed by atoms with van der Waals surface area (Å²) in [5, 5.41) is 2.99. The van der Waals surface area contributed by atoms with Crippen molar-refractivity contribution in [1.82, 2.24) is 5.32 Å². The van der Waals surface area contributed by atoms with E-state index in [0.717, 1.165) is 26.3 Å². The van der Waals surface area contributed by atoms with Gasteiger partial charge in [-0.1, -0.05) is 6.07 Å². The first kappa shape index (κ1) is 18.5. The minimum Gasteiger partial charge on any atom is -0.370 e. The third kappa shape index (κ3) is 3.94. The molecule has 2 aliphatic heterocycles. The molecule has 140 valence electrons. The van der Waals surface area contributed by atoms with Gasteiger partial charge in [-0.2, -0.15) is 0 Å². The summed E-state index contributed by atoms with van der Waals surface area (Å²) in [6.07, 6.45) is 0.456. The Hall–Kier alpha value is -2.25. The van der Waals surface area contributed by atoms with E-state index in [1.54, 1.807) is 24.3 Å². The molecule has 0 saturated carbocycles. The molecular formula is C19H26N3O4+. The van der Waals surface area contributed by atoms with Crippen molar-refractivity contribution < 1.29 is 24.0 Å². The van der Waals surface area contributed by atoms with Crippen LogP contribution in [0.3, 0.4) is 0 Å². The van der Waals surface area contributed by atoms with Gasteiger partial charge in [0.1, 0.15) is 18.6 Å².